The molecule has 2 amide bonds. The Balaban J connectivity index is 1.96. The first kappa shape index (κ1) is 15.3. The number of para-hydroxylation sites is 1. The topological polar surface area (TPSA) is 75.4 Å². The monoisotopic (exact) mass is 347 g/mol. The summed E-state index contributed by atoms with van der Waals surface area (Å²) in [6, 6.07) is 17.7. The maximum absolute atomic E-state index is 13.0. The highest BCUT2D eigenvalue weighted by Crippen LogP contribution is 2.36. The number of benzene rings is 3. The van der Waals surface area contributed by atoms with E-state index in [1.54, 1.807) is 48.5 Å². The van der Waals surface area contributed by atoms with Crippen molar-refractivity contribution in [3.05, 3.63) is 71.8 Å². The van der Waals surface area contributed by atoms with E-state index in [1.807, 2.05) is 12.1 Å². The number of hydrogen-bond donors (Lipinski definition) is 2. The van der Waals surface area contributed by atoms with Gasteiger partial charge in [-0.25, -0.2) is 4.90 Å². The van der Waals surface area contributed by atoms with Crippen molar-refractivity contribution in [2.24, 2.45) is 5.73 Å². The Morgan fingerprint density at radius 2 is 1.56 bits per heavy atom. The lowest BCUT2D eigenvalue weighted by Gasteiger charge is -2.27. The van der Waals surface area contributed by atoms with Gasteiger partial charge >= 0.3 is 0 Å². The van der Waals surface area contributed by atoms with Crippen LogP contribution >= 0.6 is 12.2 Å². The standard InChI is InChI=1S/C19H13N3O2S/c20-19(25)21-15-10-9-14-16-12(15)7-4-8-13(16)17(23)22(18(14)24)11-5-2-1-3-6-11/h1-10H,(H3,20,21,25). The quantitative estimate of drug-likeness (QED) is 0.549. The van der Waals surface area contributed by atoms with Gasteiger partial charge < -0.3 is 11.1 Å². The maximum atomic E-state index is 13.0. The molecule has 0 aliphatic carbocycles. The smallest absolute Gasteiger partial charge is 0.265 e. The molecule has 0 saturated heterocycles. The Kier molecular flexibility index (Phi) is 3.47. The molecule has 1 aliphatic rings. The molecule has 25 heavy (non-hydrogen) atoms. The summed E-state index contributed by atoms with van der Waals surface area (Å²) in [5.41, 5.74) is 7.73. The largest absolute Gasteiger partial charge is 0.376 e. The van der Waals surface area contributed by atoms with Gasteiger partial charge in [-0.15, -0.1) is 0 Å². The Labute approximate surface area is 149 Å². The van der Waals surface area contributed by atoms with Gasteiger partial charge in [0, 0.05) is 27.6 Å². The van der Waals surface area contributed by atoms with Crippen LogP contribution in [-0.4, -0.2) is 16.9 Å². The van der Waals surface area contributed by atoms with Gasteiger partial charge in [-0.2, -0.15) is 0 Å². The molecule has 0 bridgehead atoms. The summed E-state index contributed by atoms with van der Waals surface area (Å²) in [5.74, 6) is -0.691. The fraction of sp³-hybridized carbons (Fsp3) is 0. The molecule has 3 aromatic rings. The number of imide groups is 1. The van der Waals surface area contributed by atoms with Gasteiger partial charge in [-0.3, -0.25) is 9.59 Å². The van der Waals surface area contributed by atoms with Crippen LogP contribution < -0.4 is 16.0 Å². The Hall–Kier alpha value is -3.25. The number of carbonyl (C=O) groups excluding carboxylic acids is 2. The first-order chi connectivity index (χ1) is 12.1. The van der Waals surface area contributed by atoms with E-state index in [-0.39, 0.29) is 16.9 Å². The zero-order valence-electron chi connectivity index (χ0n) is 13.0. The molecule has 1 heterocycles. The Bertz CT molecular complexity index is 1020. The van der Waals surface area contributed by atoms with Gasteiger partial charge in [0.15, 0.2) is 5.11 Å². The van der Waals surface area contributed by atoms with Crippen molar-refractivity contribution in [3.8, 4) is 0 Å². The summed E-state index contributed by atoms with van der Waals surface area (Å²) in [7, 11) is 0. The molecule has 1 aliphatic heterocycles. The molecule has 0 unspecified atom stereocenters. The lowest BCUT2D eigenvalue weighted by atomic mass is 9.92. The number of anilines is 2. The normalized spacial score (nSPS) is 13.2. The molecular formula is C19H13N3O2S. The molecule has 0 spiro atoms. The molecule has 5 nitrogen and oxygen atoms in total. The third-order valence-electron chi connectivity index (χ3n) is 4.18. The van der Waals surface area contributed by atoms with Crippen LogP contribution in [0, 0.1) is 0 Å². The Morgan fingerprint density at radius 3 is 2.24 bits per heavy atom. The third kappa shape index (κ3) is 2.35. The minimum absolute atomic E-state index is 0.125. The van der Waals surface area contributed by atoms with Gasteiger partial charge in [-0.1, -0.05) is 30.3 Å². The fourth-order valence-corrected chi connectivity index (χ4v) is 3.26. The van der Waals surface area contributed by atoms with Gasteiger partial charge in [0.05, 0.1) is 5.69 Å². The summed E-state index contributed by atoms with van der Waals surface area (Å²) >= 11 is 4.90. The number of nitrogens with zero attached hydrogens (tertiary/aromatic N) is 1. The summed E-state index contributed by atoms with van der Waals surface area (Å²) in [4.78, 5) is 27.2. The second-order valence-corrected chi connectivity index (χ2v) is 6.10. The van der Waals surface area contributed by atoms with Gasteiger partial charge in [0.25, 0.3) is 11.8 Å². The van der Waals surface area contributed by atoms with Crippen LogP contribution in [0.4, 0.5) is 11.4 Å². The third-order valence-corrected chi connectivity index (χ3v) is 4.28. The van der Waals surface area contributed by atoms with Crippen LogP contribution in [0.1, 0.15) is 20.7 Å². The second-order valence-electron chi connectivity index (χ2n) is 5.66. The van der Waals surface area contributed by atoms with Crippen LogP contribution in [0.5, 0.6) is 0 Å². The fourth-order valence-electron chi connectivity index (χ4n) is 3.15. The highest BCUT2D eigenvalue weighted by molar-refractivity contribution is 7.80. The van der Waals surface area contributed by atoms with Crippen molar-refractivity contribution in [2.45, 2.75) is 0 Å². The molecule has 0 radical (unpaired) electrons. The summed E-state index contributed by atoms with van der Waals surface area (Å²) in [6.07, 6.45) is 0. The van der Waals surface area contributed by atoms with E-state index >= 15 is 0 Å². The summed E-state index contributed by atoms with van der Waals surface area (Å²) < 4.78 is 0. The molecule has 6 heteroatoms. The van der Waals surface area contributed by atoms with E-state index in [2.05, 4.69) is 5.32 Å². The van der Waals surface area contributed by atoms with Crippen LogP contribution in [0.2, 0.25) is 0 Å². The number of thiocarbonyl (C=S) groups is 1. The van der Waals surface area contributed by atoms with E-state index < -0.39 is 0 Å². The number of nitrogens with one attached hydrogen (secondary N) is 1. The van der Waals surface area contributed by atoms with Crippen LogP contribution in [-0.2, 0) is 0 Å². The van der Waals surface area contributed by atoms with Crippen molar-refractivity contribution in [1.29, 1.82) is 0 Å². The summed E-state index contributed by atoms with van der Waals surface area (Å²) in [5, 5.41) is 4.37. The molecule has 0 saturated carbocycles. The van der Waals surface area contributed by atoms with Gasteiger partial charge in [0.1, 0.15) is 0 Å². The van der Waals surface area contributed by atoms with Crippen molar-refractivity contribution in [2.75, 3.05) is 10.2 Å². The Morgan fingerprint density at radius 1 is 0.880 bits per heavy atom. The van der Waals surface area contributed by atoms with Gasteiger partial charge in [-0.05, 0) is 42.5 Å². The number of hydrogen-bond acceptors (Lipinski definition) is 3. The van der Waals surface area contributed by atoms with E-state index in [4.69, 9.17) is 18.0 Å². The van der Waals surface area contributed by atoms with Crippen LogP contribution in [0.25, 0.3) is 10.8 Å². The first-order valence-corrected chi connectivity index (χ1v) is 8.05. The molecule has 122 valence electrons. The average Bonchev–Trinajstić information content (AvgIpc) is 2.61. The number of amides is 2. The highest BCUT2D eigenvalue weighted by Gasteiger charge is 2.34. The molecule has 3 N–H and O–H groups in total. The average molecular weight is 347 g/mol. The number of carbonyl (C=O) groups is 2. The molecule has 0 atom stereocenters. The van der Waals surface area contributed by atoms with E-state index in [0.717, 1.165) is 5.39 Å². The van der Waals surface area contributed by atoms with E-state index in [0.29, 0.717) is 27.9 Å². The second kappa shape index (κ2) is 5.68. The van der Waals surface area contributed by atoms with Crippen LogP contribution in [0.15, 0.2) is 60.7 Å². The number of rotatable bonds is 2. The predicted octanol–water partition coefficient (Wildman–Crippen LogP) is 3.30. The SMILES string of the molecule is NC(=S)Nc1ccc2c3c(cccc13)C(=O)N(c1ccccc1)C2=O. The lowest BCUT2D eigenvalue weighted by Crippen LogP contribution is -2.40. The van der Waals surface area contributed by atoms with Crippen LogP contribution in [0.3, 0.4) is 0 Å². The lowest BCUT2D eigenvalue weighted by molar-refractivity contribution is 0.0893. The minimum Gasteiger partial charge on any atom is -0.376 e. The van der Waals surface area contributed by atoms with Crippen molar-refractivity contribution in [3.63, 3.8) is 0 Å². The maximum Gasteiger partial charge on any atom is 0.265 e. The molecule has 0 aromatic heterocycles. The first-order valence-electron chi connectivity index (χ1n) is 7.64. The zero-order valence-corrected chi connectivity index (χ0v) is 13.8. The molecule has 4 rings (SSSR count). The number of nitrogens with two attached hydrogens (primary N) is 1. The predicted molar refractivity (Wildman–Crippen MR) is 102 cm³/mol. The van der Waals surface area contributed by atoms with E-state index in [1.165, 1.54) is 4.90 Å². The van der Waals surface area contributed by atoms with Crippen molar-refractivity contribution >= 4 is 51.3 Å². The minimum atomic E-state index is -0.346. The van der Waals surface area contributed by atoms with E-state index in [9.17, 15) is 9.59 Å². The summed E-state index contributed by atoms with van der Waals surface area (Å²) in [6.45, 7) is 0. The molecular weight excluding hydrogens is 334 g/mol. The highest BCUT2D eigenvalue weighted by atomic mass is 32.1. The molecule has 3 aromatic carbocycles. The zero-order chi connectivity index (χ0) is 17.6. The van der Waals surface area contributed by atoms with Crippen molar-refractivity contribution in [1.82, 2.24) is 0 Å². The molecule has 0 fully saturated rings. The van der Waals surface area contributed by atoms with Crippen molar-refractivity contribution < 1.29 is 9.59 Å². The van der Waals surface area contributed by atoms with Gasteiger partial charge in [0.2, 0.25) is 0 Å².